The fourth-order valence-electron chi connectivity index (χ4n) is 7.53. The molecule has 0 spiro atoms. The minimum atomic E-state index is 1.11. The minimum Gasteiger partial charge on any atom is -0.316 e. The Morgan fingerprint density at radius 3 is 2.20 bits per heavy atom. The summed E-state index contributed by atoms with van der Waals surface area (Å²) < 4.78 is 2.72. The lowest BCUT2D eigenvalue weighted by atomic mass is 9.90. The Bertz CT molecular complexity index is 2730. The van der Waals surface area contributed by atoms with Crippen molar-refractivity contribution in [3.05, 3.63) is 173 Å². The molecule has 0 saturated heterocycles. The summed E-state index contributed by atoms with van der Waals surface area (Å²) >= 11 is 1.91. The zero-order chi connectivity index (χ0) is 32.7. The summed E-state index contributed by atoms with van der Waals surface area (Å²) in [5, 5.41) is 10.4. The molecule has 1 nitrogen and oxygen atoms in total. The molecule has 8 aromatic rings. The molecule has 234 valence electrons. The Balaban J connectivity index is 1.34. The highest BCUT2D eigenvalue weighted by Gasteiger charge is 2.18. The van der Waals surface area contributed by atoms with E-state index in [1.807, 2.05) is 11.3 Å². The molecular weight excluding hydrogens is 611 g/mol. The standard InChI is InChI=1S/C47H35NS/c1-2-14-34(43-30-44-36-18-7-6-17-33(36)25-27-40(44)38-20-8-9-21-39(38)43)31-48(45-23-12-10-19-37(45)32-15-4-3-5-16-32)35-26-28-42-41-22-11-13-24-46(41)49-47(42)29-35/h2-10,12,14-31H,11,13H2,1H3/b14-2-,34-31+. The van der Waals surface area contributed by atoms with E-state index in [-0.39, 0.29) is 0 Å². The molecule has 0 radical (unpaired) electrons. The number of hydrogen-bond acceptors (Lipinski definition) is 2. The highest BCUT2D eigenvalue weighted by Crippen LogP contribution is 2.41. The number of rotatable bonds is 6. The maximum absolute atomic E-state index is 2.41. The lowest BCUT2D eigenvalue weighted by Gasteiger charge is -2.26. The van der Waals surface area contributed by atoms with E-state index in [1.165, 1.54) is 68.8 Å². The number of benzene rings is 7. The molecule has 0 bridgehead atoms. The normalized spacial score (nSPS) is 13.2. The summed E-state index contributed by atoms with van der Waals surface area (Å²) in [7, 11) is 0. The van der Waals surface area contributed by atoms with Crippen LogP contribution in [0.15, 0.2) is 158 Å². The Labute approximate surface area is 290 Å². The molecular formula is C47H35NS. The first-order valence-electron chi connectivity index (χ1n) is 17.1. The fourth-order valence-corrected chi connectivity index (χ4v) is 8.74. The van der Waals surface area contributed by atoms with Gasteiger partial charge in [0.1, 0.15) is 0 Å². The monoisotopic (exact) mass is 645 g/mol. The predicted molar refractivity (Wildman–Crippen MR) is 215 cm³/mol. The van der Waals surface area contributed by atoms with E-state index in [2.05, 4.69) is 182 Å². The van der Waals surface area contributed by atoms with E-state index >= 15 is 0 Å². The Morgan fingerprint density at radius 1 is 0.612 bits per heavy atom. The summed E-state index contributed by atoms with van der Waals surface area (Å²) in [4.78, 5) is 2.41. The molecule has 9 rings (SSSR count). The molecule has 1 heterocycles. The van der Waals surface area contributed by atoms with Crippen LogP contribution in [0.5, 0.6) is 0 Å². The summed E-state index contributed by atoms with van der Waals surface area (Å²) in [5.41, 5.74) is 7.06. The van der Waals surface area contributed by atoms with Crippen molar-refractivity contribution < 1.29 is 0 Å². The van der Waals surface area contributed by atoms with Crippen LogP contribution in [0.2, 0.25) is 0 Å². The SMILES string of the molecule is C/C=C\C(=C/N(c1ccc2c3c(sc2c1)=CCCC=3)c1ccccc1-c1ccccc1)c1cc2c3ccccc3ccc2c2ccccc12. The largest absolute Gasteiger partial charge is 0.316 e. The van der Waals surface area contributed by atoms with Gasteiger partial charge in [-0.05, 0) is 98.3 Å². The van der Waals surface area contributed by atoms with E-state index in [4.69, 9.17) is 0 Å². The van der Waals surface area contributed by atoms with Crippen LogP contribution in [-0.4, -0.2) is 0 Å². The van der Waals surface area contributed by atoms with E-state index in [9.17, 15) is 0 Å². The third-order valence-electron chi connectivity index (χ3n) is 9.80. The molecule has 49 heavy (non-hydrogen) atoms. The van der Waals surface area contributed by atoms with Crippen molar-refractivity contribution in [2.45, 2.75) is 19.8 Å². The van der Waals surface area contributed by atoms with Crippen molar-refractivity contribution in [3.63, 3.8) is 0 Å². The Morgan fingerprint density at radius 2 is 1.33 bits per heavy atom. The predicted octanol–water partition coefficient (Wildman–Crippen LogP) is 12.1. The summed E-state index contributed by atoms with van der Waals surface area (Å²) in [6.07, 6.45) is 13.8. The highest BCUT2D eigenvalue weighted by atomic mass is 32.1. The summed E-state index contributed by atoms with van der Waals surface area (Å²) in [5.74, 6) is 0. The molecule has 0 unspecified atom stereocenters. The van der Waals surface area contributed by atoms with Gasteiger partial charge < -0.3 is 4.90 Å². The number of nitrogens with zero attached hydrogens (tertiary/aromatic N) is 1. The molecule has 1 aliphatic rings. The number of para-hydroxylation sites is 1. The van der Waals surface area contributed by atoms with Gasteiger partial charge in [-0.3, -0.25) is 0 Å². The molecule has 1 aliphatic carbocycles. The first-order chi connectivity index (χ1) is 24.3. The molecule has 0 N–H and O–H groups in total. The van der Waals surface area contributed by atoms with Crippen LogP contribution < -0.4 is 14.7 Å². The minimum absolute atomic E-state index is 1.11. The van der Waals surface area contributed by atoms with Gasteiger partial charge in [0.05, 0.1) is 5.69 Å². The zero-order valence-electron chi connectivity index (χ0n) is 27.4. The molecule has 0 saturated carbocycles. The Kier molecular flexibility index (Phi) is 7.45. The first kappa shape index (κ1) is 29.4. The van der Waals surface area contributed by atoms with E-state index < -0.39 is 0 Å². The van der Waals surface area contributed by atoms with Gasteiger partial charge in [0.2, 0.25) is 0 Å². The lowest BCUT2D eigenvalue weighted by molar-refractivity contribution is 1.13. The highest BCUT2D eigenvalue weighted by molar-refractivity contribution is 7.17. The van der Waals surface area contributed by atoms with Gasteiger partial charge in [0, 0.05) is 32.1 Å². The van der Waals surface area contributed by atoms with Gasteiger partial charge in [-0.2, -0.15) is 0 Å². The van der Waals surface area contributed by atoms with E-state index in [0.717, 1.165) is 29.8 Å². The van der Waals surface area contributed by atoms with Crippen LogP contribution in [0, 0.1) is 0 Å². The van der Waals surface area contributed by atoms with Gasteiger partial charge in [0.25, 0.3) is 0 Å². The average molecular weight is 646 g/mol. The molecule has 0 atom stereocenters. The molecule has 0 fully saturated rings. The van der Waals surface area contributed by atoms with E-state index in [1.54, 1.807) is 0 Å². The molecule has 0 amide bonds. The maximum atomic E-state index is 2.41. The van der Waals surface area contributed by atoms with Crippen molar-refractivity contribution in [1.82, 2.24) is 0 Å². The number of thiophene rings is 1. The third kappa shape index (κ3) is 5.17. The van der Waals surface area contributed by atoms with Crippen molar-refractivity contribution in [1.29, 1.82) is 0 Å². The van der Waals surface area contributed by atoms with Crippen LogP contribution in [0.1, 0.15) is 25.3 Å². The van der Waals surface area contributed by atoms with Crippen molar-refractivity contribution in [3.8, 4) is 11.1 Å². The Hall–Kier alpha value is -5.70. The molecule has 2 heteroatoms. The summed E-state index contributed by atoms with van der Waals surface area (Å²) in [6, 6.07) is 51.1. The second-order valence-corrected chi connectivity index (χ2v) is 13.8. The topological polar surface area (TPSA) is 3.24 Å². The molecule has 7 aromatic carbocycles. The quantitative estimate of drug-likeness (QED) is 0.128. The van der Waals surface area contributed by atoms with Crippen LogP contribution in [0.3, 0.4) is 0 Å². The smallest absolute Gasteiger partial charge is 0.0534 e. The first-order valence-corrected chi connectivity index (χ1v) is 17.9. The van der Waals surface area contributed by atoms with Gasteiger partial charge >= 0.3 is 0 Å². The van der Waals surface area contributed by atoms with Gasteiger partial charge in [0.15, 0.2) is 0 Å². The van der Waals surface area contributed by atoms with Crippen LogP contribution in [0.4, 0.5) is 11.4 Å². The van der Waals surface area contributed by atoms with Gasteiger partial charge in [-0.1, -0.05) is 140 Å². The van der Waals surface area contributed by atoms with Crippen LogP contribution in [0.25, 0.3) is 71.3 Å². The van der Waals surface area contributed by atoms with E-state index in [0.29, 0.717) is 0 Å². The van der Waals surface area contributed by atoms with Crippen LogP contribution in [-0.2, 0) is 0 Å². The molecule has 0 aliphatic heterocycles. The third-order valence-corrected chi connectivity index (χ3v) is 11.0. The lowest BCUT2D eigenvalue weighted by Crippen LogP contribution is -2.20. The van der Waals surface area contributed by atoms with Crippen molar-refractivity contribution >= 4 is 82.8 Å². The number of anilines is 2. The average Bonchev–Trinajstić information content (AvgIpc) is 3.54. The maximum Gasteiger partial charge on any atom is 0.0534 e. The number of fused-ring (bicyclic) bond motifs is 8. The van der Waals surface area contributed by atoms with Crippen molar-refractivity contribution in [2.75, 3.05) is 4.90 Å². The zero-order valence-corrected chi connectivity index (χ0v) is 28.3. The molecule has 1 aromatic heterocycles. The van der Waals surface area contributed by atoms with Crippen LogP contribution >= 0.6 is 11.3 Å². The fraction of sp³-hybridized carbons (Fsp3) is 0.0638. The second kappa shape index (κ2) is 12.4. The number of hydrogen-bond donors (Lipinski definition) is 0. The number of allylic oxidation sites excluding steroid dienone is 3. The van der Waals surface area contributed by atoms with Gasteiger partial charge in [-0.25, -0.2) is 0 Å². The van der Waals surface area contributed by atoms with Gasteiger partial charge in [-0.15, -0.1) is 11.3 Å². The van der Waals surface area contributed by atoms with Crippen molar-refractivity contribution in [2.24, 2.45) is 0 Å². The second-order valence-electron chi connectivity index (χ2n) is 12.7. The summed E-state index contributed by atoms with van der Waals surface area (Å²) in [6.45, 7) is 2.12.